The summed E-state index contributed by atoms with van der Waals surface area (Å²) in [5.74, 6) is -3.33. The van der Waals surface area contributed by atoms with Crippen molar-refractivity contribution < 1.29 is 33.8 Å². The third-order valence-corrected chi connectivity index (χ3v) is 9.90. The first-order valence-corrected chi connectivity index (χ1v) is 16.3. The number of likely N-dealkylation sites (N-methyl/N-ethyl adjacent to an activating group) is 1. The molecule has 3 aliphatic rings. The molecular formula is C37H45N3O7. The maximum atomic E-state index is 14.4. The van der Waals surface area contributed by atoms with Gasteiger partial charge in [-0.25, -0.2) is 0 Å². The van der Waals surface area contributed by atoms with Gasteiger partial charge in [0.1, 0.15) is 17.7 Å². The molecule has 1 N–H and O–H groups in total. The summed E-state index contributed by atoms with van der Waals surface area (Å²) in [5.41, 5.74) is 0.394. The van der Waals surface area contributed by atoms with E-state index in [0.29, 0.717) is 31.4 Å². The van der Waals surface area contributed by atoms with Crippen LogP contribution in [-0.2, 0) is 35.2 Å². The molecule has 10 heteroatoms. The van der Waals surface area contributed by atoms with E-state index >= 15 is 0 Å². The van der Waals surface area contributed by atoms with Gasteiger partial charge in [-0.2, -0.15) is 0 Å². The second-order valence-electron chi connectivity index (χ2n) is 12.6. The number of nitrogens with zero attached hydrogens (tertiary/aromatic N) is 3. The lowest BCUT2D eigenvalue weighted by atomic mass is 9.70. The van der Waals surface area contributed by atoms with Crippen LogP contribution < -0.4 is 0 Å². The van der Waals surface area contributed by atoms with E-state index in [1.165, 1.54) is 4.90 Å². The predicted octanol–water partition coefficient (Wildman–Crippen LogP) is 3.67. The first-order valence-electron chi connectivity index (χ1n) is 16.3. The molecular weight excluding hydrogens is 598 g/mol. The van der Waals surface area contributed by atoms with Crippen LogP contribution in [0.1, 0.15) is 49.8 Å². The fourth-order valence-electron chi connectivity index (χ4n) is 7.54. The zero-order chi connectivity index (χ0) is 33.7. The van der Waals surface area contributed by atoms with Gasteiger partial charge in [-0.1, -0.05) is 72.8 Å². The van der Waals surface area contributed by atoms with Crippen molar-refractivity contribution in [2.45, 2.75) is 69.0 Å². The molecule has 2 aromatic rings. The third kappa shape index (κ3) is 6.49. The van der Waals surface area contributed by atoms with Crippen molar-refractivity contribution in [3.05, 3.63) is 97.1 Å². The summed E-state index contributed by atoms with van der Waals surface area (Å²) in [7, 11) is 1.68. The molecule has 0 unspecified atom stereocenters. The van der Waals surface area contributed by atoms with E-state index in [-0.39, 0.29) is 37.9 Å². The summed E-state index contributed by atoms with van der Waals surface area (Å²) >= 11 is 0. The smallest absolute Gasteiger partial charge is 0.313 e. The van der Waals surface area contributed by atoms with Crippen LogP contribution in [0.3, 0.4) is 0 Å². The molecule has 10 nitrogen and oxygen atoms in total. The average molecular weight is 644 g/mol. The minimum Gasteiger partial charge on any atom is -0.455 e. The normalized spacial score (nSPS) is 25.5. The minimum absolute atomic E-state index is 0.0716. The number of esters is 1. The Hall–Kier alpha value is -4.28. The minimum atomic E-state index is -1.24. The topological polar surface area (TPSA) is 117 Å². The van der Waals surface area contributed by atoms with E-state index in [0.717, 1.165) is 5.56 Å². The van der Waals surface area contributed by atoms with E-state index in [2.05, 4.69) is 13.2 Å². The lowest BCUT2D eigenvalue weighted by Gasteiger charge is -2.36. The van der Waals surface area contributed by atoms with E-state index in [1.807, 2.05) is 67.6 Å². The van der Waals surface area contributed by atoms with Crippen molar-refractivity contribution in [1.82, 2.24) is 14.7 Å². The summed E-state index contributed by atoms with van der Waals surface area (Å²) in [6, 6.07) is 17.2. The van der Waals surface area contributed by atoms with Crippen molar-refractivity contribution in [2.75, 3.05) is 26.7 Å². The molecule has 5 rings (SSSR count). The molecule has 3 fully saturated rings. The van der Waals surface area contributed by atoms with E-state index < -0.39 is 53.6 Å². The Morgan fingerprint density at radius 1 is 1.11 bits per heavy atom. The summed E-state index contributed by atoms with van der Waals surface area (Å²) in [6.07, 6.45) is 3.61. The van der Waals surface area contributed by atoms with Crippen molar-refractivity contribution in [2.24, 2.45) is 11.8 Å². The number of allylic oxidation sites excluding steroid dienone is 1. The number of hydrogen-bond donors (Lipinski definition) is 1. The molecule has 2 bridgehead atoms. The molecule has 3 aliphatic heterocycles. The van der Waals surface area contributed by atoms with E-state index in [1.54, 1.807) is 29.0 Å². The molecule has 250 valence electrons. The van der Waals surface area contributed by atoms with Crippen LogP contribution in [-0.4, -0.2) is 94.0 Å². The summed E-state index contributed by atoms with van der Waals surface area (Å²) < 4.78 is 12.8. The highest BCUT2D eigenvalue weighted by Gasteiger charge is 2.75. The van der Waals surface area contributed by atoms with Gasteiger partial charge in [-0.05, 0) is 37.3 Å². The number of fused-ring (bicyclic) bond motifs is 1. The number of ether oxygens (including phenoxy) is 2. The number of likely N-dealkylation sites (tertiary alicyclic amines) is 1. The van der Waals surface area contributed by atoms with Crippen LogP contribution in [0.25, 0.3) is 0 Å². The van der Waals surface area contributed by atoms with Gasteiger partial charge < -0.3 is 29.3 Å². The lowest BCUT2D eigenvalue weighted by molar-refractivity contribution is -0.164. The Kier molecular flexibility index (Phi) is 10.6. The average Bonchev–Trinajstić information content (AvgIpc) is 3.73. The van der Waals surface area contributed by atoms with Crippen molar-refractivity contribution in [3.63, 3.8) is 0 Å². The Bertz CT molecular complexity index is 1470. The van der Waals surface area contributed by atoms with Gasteiger partial charge in [-0.3, -0.25) is 19.2 Å². The van der Waals surface area contributed by atoms with Gasteiger partial charge in [0, 0.05) is 33.1 Å². The highest BCUT2D eigenvalue weighted by Crippen LogP contribution is 2.59. The van der Waals surface area contributed by atoms with Crippen LogP contribution in [0.15, 0.2) is 86.0 Å². The van der Waals surface area contributed by atoms with Gasteiger partial charge in [0.05, 0.1) is 30.6 Å². The first kappa shape index (κ1) is 34.1. The molecule has 7 atom stereocenters. The van der Waals surface area contributed by atoms with Crippen LogP contribution in [0.2, 0.25) is 0 Å². The van der Waals surface area contributed by atoms with Crippen LogP contribution in [0.4, 0.5) is 0 Å². The highest BCUT2D eigenvalue weighted by molar-refractivity contribution is 5.98. The van der Waals surface area contributed by atoms with Gasteiger partial charge in [0.25, 0.3) is 0 Å². The standard InChI is InChI=1S/C37H45N3O7/c1-5-7-18-29(42)38(4)25(3)32(27-16-12-9-13-17-27)46-36(45)30-28-19-20-37(47-28)31(30)34(43)40(22-23-41)33(37)35(44)39(21-6-2)24-26-14-10-8-11-15-26/h5-6,8-17,25,28,30-33,41H,1-2,7,18-24H2,3-4H3/t25-,28+,30-,31-,32+,33+,37-/m1/s1. The largest absolute Gasteiger partial charge is 0.455 e. The fourth-order valence-corrected chi connectivity index (χ4v) is 7.54. The Balaban J connectivity index is 1.44. The Morgan fingerprint density at radius 3 is 2.43 bits per heavy atom. The highest BCUT2D eigenvalue weighted by atomic mass is 16.6. The third-order valence-electron chi connectivity index (χ3n) is 9.90. The Morgan fingerprint density at radius 2 is 1.79 bits per heavy atom. The molecule has 3 amide bonds. The van der Waals surface area contributed by atoms with Gasteiger partial charge in [0.15, 0.2) is 0 Å². The molecule has 0 aliphatic carbocycles. The molecule has 2 aromatic carbocycles. The Labute approximate surface area is 276 Å². The fraction of sp³-hybridized carbons (Fsp3) is 0.459. The summed E-state index contributed by atoms with van der Waals surface area (Å²) in [4.78, 5) is 60.4. The second kappa shape index (κ2) is 14.6. The molecule has 0 saturated carbocycles. The SMILES string of the molecule is C=CCCC(=O)N(C)[C@H](C)[C@H](OC(=O)[C@@H]1[C@@H]2CC[C@]3(O2)[C@H](C(=O)N(CC=C)Cc2ccccc2)N(CCO)C(=O)[C@@H]13)c1ccccc1. The van der Waals surface area contributed by atoms with Gasteiger partial charge >= 0.3 is 5.97 Å². The summed E-state index contributed by atoms with van der Waals surface area (Å²) in [5, 5.41) is 9.98. The maximum Gasteiger partial charge on any atom is 0.313 e. The molecule has 0 radical (unpaired) electrons. The number of hydrogen-bond acceptors (Lipinski definition) is 7. The van der Waals surface area contributed by atoms with Crippen molar-refractivity contribution in [1.29, 1.82) is 0 Å². The zero-order valence-electron chi connectivity index (χ0n) is 27.2. The molecule has 47 heavy (non-hydrogen) atoms. The second-order valence-corrected chi connectivity index (χ2v) is 12.6. The number of carbonyl (C=O) groups excluding carboxylic acids is 4. The number of carbonyl (C=O) groups is 4. The van der Waals surface area contributed by atoms with Crippen LogP contribution >= 0.6 is 0 Å². The van der Waals surface area contributed by atoms with Crippen molar-refractivity contribution >= 4 is 23.7 Å². The number of amides is 3. The van der Waals surface area contributed by atoms with E-state index in [9.17, 15) is 24.3 Å². The van der Waals surface area contributed by atoms with Gasteiger partial charge in [0.2, 0.25) is 17.7 Å². The van der Waals surface area contributed by atoms with Crippen LogP contribution in [0.5, 0.6) is 0 Å². The van der Waals surface area contributed by atoms with Gasteiger partial charge in [-0.15, -0.1) is 13.2 Å². The number of benzene rings is 2. The first-order chi connectivity index (χ1) is 22.7. The number of aliphatic hydroxyl groups is 1. The van der Waals surface area contributed by atoms with Crippen molar-refractivity contribution in [3.8, 4) is 0 Å². The van der Waals surface area contributed by atoms with Crippen LogP contribution in [0, 0.1) is 11.8 Å². The number of rotatable bonds is 15. The number of β-amino-alcohol motifs (C(OH)–C–C–N with tert-alkyl or cyclic N) is 1. The number of aliphatic hydroxyl groups excluding tert-OH is 1. The molecule has 1 spiro atoms. The lowest BCUT2D eigenvalue weighted by Crippen LogP contribution is -2.56. The summed E-state index contributed by atoms with van der Waals surface area (Å²) in [6.45, 7) is 9.49. The van der Waals surface area contributed by atoms with E-state index in [4.69, 9.17) is 9.47 Å². The molecule has 0 aromatic heterocycles. The molecule has 3 heterocycles. The quantitative estimate of drug-likeness (QED) is 0.233. The maximum absolute atomic E-state index is 14.4. The predicted molar refractivity (Wildman–Crippen MR) is 175 cm³/mol. The monoisotopic (exact) mass is 643 g/mol. The molecule has 3 saturated heterocycles. The zero-order valence-corrected chi connectivity index (χ0v) is 27.2.